The van der Waals surface area contributed by atoms with E-state index >= 15 is 0 Å². The number of halogens is 4. The highest BCUT2D eigenvalue weighted by Gasteiger charge is 2.30. The molecule has 0 saturated heterocycles. The van der Waals surface area contributed by atoms with Gasteiger partial charge in [0.05, 0.1) is 0 Å². The van der Waals surface area contributed by atoms with Crippen molar-refractivity contribution < 1.29 is 18.0 Å². The van der Waals surface area contributed by atoms with E-state index in [0.29, 0.717) is 35.4 Å². The summed E-state index contributed by atoms with van der Waals surface area (Å²) in [5.41, 5.74) is 1.08. The molecule has 9 heteroatoms. The van der Waals surface area contributed by atoms with Crippen LogP contribution in [-0.4, -0.2) is 56.2 Å². The normalized spacial score (nSPS) is 12.0. The van der Waals surface area contributed by atoms with Crippen molar-refractivity contribution in [2.24, 2.45) is 4.99 Å². The maximum Gasteiger partial charge on any atom is 0.406 e. The van der Waals surface area contributed by atoms with E-state index in [-0.39, 0.29) is 6.54 Å². The highest BCUT2D eigenvalue weighted by molar-refractivity contribution is 6.30. The quantitative estimate of drug-likeness (QED) is 0.566. The lowest BCUT2D eigenvalue weighted by Crippen LogP contribution is -2.40. The maximum absolute atomic E-state index is 12.3. The van der Waals surface area contributed by atoms with Crippen molar-refractivity contribution in [3.8, 4) is 0 Å². The second kappa shape index (κ2) is 10.1. The van der Waals surface area contributed by atoms with Crippen LogP contribution in [0.2, 0.25) is 5.02 Å². The van der Waals surface area contributed by atoms with E-state index in [2.05, 4.69) is 15.6 Å². The van der Waals surface area contributed by atoms with Crippen LogP contribution in [0.25, 0.3) is 0 Å². The Labute approximate surface area is 150 Å². The van der Waals surface area contributed by atoms with Crippen LogP contribution < -0.4 is 10.6 Å². The van der Waals surface area contributed by atoms with Gasteiger partial charge in [-0.1, -0.05) is 23.7 Å². The molecule has 2 N–H and O–H groups in total. The summed E-state index contributed by atoms with van der Waals surface area (Å²) in [7, 11) is 1.10. The zero-order valence-corrected chi connectivity index (χ0v) is 14.9. The fourth-order valence-electron chi connectivity index (χ4n) is 1.94. The van der Waals surface area contributed by atoms with Crippen molar-refractivity contribution in [3.63, 3.8) is 0 Å². The zero-order valence-electron chi connectivity index (χ0n) is 14.2. The molecular weight excluding hydrogens is 357 g/mol. The van der Waals surface area contributed by atoms with E-state index < -0.39 is 18.6 Å². The third kappa shape index (κ3) is 9.19. The molecular formula is C16H22ClF3N4O. The first-order valence-corrected chi connectivity index (χ1v) is 8.16. The lowest BCUT2D eigenvalue weighted by molar-refractivity contribution is -0.157. The molecule has 0 fully saturated rings. The van der Waals surface area contributed by atoms with Crippen molar-refractivity contribution in [1.29, 1.82) is 0 Å². The molecule has 1 amide bonds. The highest BCUT2D eigenvalue weighted by Crippen LogP contribution is 2.15. The number of aliphatic imine (C=N–C) groups is 1. The van der Waals surface area contributed by atoms with Gasteiger partial charge in [-0.25, -0.2) is 4.99 Å². The number of guanidine groups is 1. The molecule has 0 spiro atoms. The first kappa shape index (κ1) is 21.1. The number of carbonyl (C=O) groups is 1. The second-order valence-electron chi connectivity index (χ2n) is 5.36. The largest absolute Gasteiger partial charge is 0.406 e. The molecule has 0 aliphatic carbocycles. The van der Waals surface area contributed by atoms with E-state index in [0.717, 1.165) is 12.6 Å². The van der Waals surface area contributed by atoms with Gasteiger partial charge in [0.2, 0.25) is 5.91 Å². The topological polar surface area (TPSA) is 56.7 Å². The Kier molecular flexibility index (Phi) is 8.54. The van der Waals surface area contributed by atoms with Gasteiger partial charge in [-0.15, -0.1) is 0 Å². The summed E-state index contributed by atoms with van der Waals surface area (Å²) in [6.07, 6.45) is -3.71. The Morgan fingerprint density at radius 2 is 1.88 bits per heavy atom. The van der Waals surface area contributed by atoms with Crippen molar-refractivity contribution in [2.45, 2.75) is 19.5 Å². The first-order valence-electron chi connectivity index (χ1n) is 7.78. The predicted molar refractivity (Wildman–Crippen MR) is 92.8 cm³/mol. The van der Waals surface area contributed by atoms with Crippen LogP contribution in [-0.2, 0) is 11.2 Å². The molecule has 5 nitrogen and oxygen atoms in total. The Morgan fingerprint density at radius 1 is 1.24 bits per heavy atom. The molecule has 0 aliphatic heterocycles. The summed E-state index contributed by atoms with van der Waals surface area (Å²) < 4.78 is 36.8. The molecule has 1 rings (SSSR count). The van der Waals surface area contributed by atoms with Gasteiger partial charge >= 0.3 is 6.18 Å². The molecule has 0 radical (unpaired) electrons. The Balaban J connectivity index is 2.50. The van der Waals surface area contributed by atoms with Crippen LogP contribution in [0.4, 0.5) is 13.2 Å². The van der Waals surface area contributed by atoms with Gasteiger partial charge in [0.15, 0.2) is 5.96 Å². The van der Waals surface area contributed by atoms with E-state index in [1.54, 1.807) is 12.1 Å². The van der Waals surface area contributed by atoms with E-state index in [4.69, 9.17) is 11.6 Å². The van der Waals surface area contributed by atoms with E-state index in [9.17, 15) is 18.0 Å². The second-order valence-corrected chi connectivity index (χ2v) is 5.80. The van der Waals surface area contributed by atoms with E-state index in [1.807, 2.05) is 19.1 Å². The third-order valence-electron chi connectivity index (χ3n) is 3.18. The molecule has 25 heavy (non-hydrogen) atoms. The smallest absolute Gasteiger partial charge is 0.357 e. The summed E-state index contributed by atoms with van der Waals surface area (Å²) in [5, 5.41) is 6.64. The lowest BCUT2D eigenvalue weighted by Gasteiger charge is -2.18. The molecule has 0 heterocycles. The standard InChI is InChI=1S/C16H22ClF3N4O/c1-3-21-15(22-9-8-12-4-6-13(17)7-5-12)23-10-14(25)24(2)11-16(18,19)20/h4-7H,3,8-11H2,1-2H3,(H2,21,22,23). The van der Waals surface area contributed by atoms with Crippen LogP contribution in [0.5, 0.6) is 0 Å². The van der Waals surface area contributed by atoms with Crippen LogP contribution in [0, 0.1) is 0 Å². The molecule has 1 aromatic carbocycles. The summed E-state index contributed by atoms with van der Waals surface area (Å²) in [6.45, 7) is 1.33. The Bertz CT molecular complexity index is 576. The fourth-order valence-corrected chi connectivity index (χ4v) is 2.07. The minimum absolute atomic E-state index is 0.358. The molecule has 1 aromatic rings. The molecule has 0 unspecified atom stereocenters. The molecule has 0 aliphatic rings. The monoisotopic (exact) mass is 378 g/mol. The van der Waals surface area contributed by atoms with Crippen molar-refractivity contribution >= 4 is 23.5 Å². The molecule has 140 valence electrons. The van der Waals surface area contributed by atoms with Gasteiger partial charge in [-0.2, -0.15) is 13.2 Å². The average molecular weight is 379 g/mol. The molecule has 0 bridgehead atoms. The summed E-state index contributed by atoms with van der Waals surface area (Å²) in [4.78, 5) is 16.3. The van der Waals surface area contributed by atoms with Crippen LogP contribution in [0.1, 0.15) is 12.5 Å². The number of hydrogen-bond donors (Lipinski definition) is 2. The van der Waals surface area contributed by atoms with Gasteiger partial charge < -0.3 is 15.5 Å². The average Bonchev–Trinajstić information content (AvgIpc) is 2.52. The molecule has 0 saturated carbocycles. The van der Waals surface area contributed by atoms with Gasteiger partial charge in [-0.3, -0.25) is 4.79 Å². The van der Waals surface area contributed by atoms with Crippen molar-refractivity contribution in [3.05, 3.63) is 34.9 Å². The highest BCUT2D eigenvalue weighted by atomic mass is 35.5. The predicted octanol–water partition coefficient (Wildman–Crippen LogP) is 2.46. The van der Waals surface area contributed by atoms with Gasteiger partial charge in [-0.05, 0) is 31.0 Å². The number of hydrogen-bond acceptors (Lipinski definition) is 2. The number of nitrogens with zero attached hydrogens (tertiary/aromatic N) is 2. The minimum Gasteiger partial charge on any atom is -0.357 e. The lowest BCUT2D eigenvalue weighted by atomic mass is 10.1. The minimum atomic E-state index is -4.42. The fraction of sp³-hybridized carbons (Fsp3) is 0.500. The summed E-state index contributed by atoms with van der Waals surface area (Å²) in [6, 6.07) is 7.41. The van der Waals surface area contributed by atoms with Crippen LogP contribution in [0.3, 0.4) is 0 Å². The summed E-state index contributed by atoms with van der Waals surface area (Å²) in [5.74, 6) is -0.322. The number of benzene rings is 1. The number of rotatable bonds is 7. The maximum atomic E-state index is 12.3. The number of amides is 1. The van der Waals surface area contributed by atoms with Crippen molar-refractivity contribution in [2.75, 3.05) is 33.2 Å². The SMILES string of the molecule is CCNC(=NCC(=O)N(C)CC(F)(F)F)NCCc1ccc(Cl)cc1. The number of alkyl halides is 3. The van der Waals surface area contributed by atoms with Crippen LogP contribution >= 0.6 is 11.6 Å². The van der Waals surface area contributed by atoms with Gasteiger partial charge in [0, 0.05) is 25.2 Å². The number of nitrogens with one attached hydrogen (secondary N) is 2. The van der Waals surface area contributed by atoms with Gasteiger partial charge in [0.25, 0.3) is 0 Å². The Morgan fingerprint density at radius 3 is 2.44 bits per heavy atom. The zero-order chi connectivity index (χ0) is 18.9. The first-order chi connectivity index (χ1) is 11.7. The molecule has 0 atom stereocenters. The Hall–Kier alpha value is -1.96. The van der Waals surface area contributed by atoms with E-state index in [1.165, 1.54) is 0 Å². The number of likely N-dealkylation sites (N-methyl/N-ethyl adjacent to an activating group) is 1. The third-order valence-corrected chi connectivity index (χ3v) is 3.43. The molecule has 0 aromatic heterocycles. The summed E-state index contributed by atoms with van der Waals surface area (Å²) >= 11 is 5.82. The van der Waals surface area contributed by atoms with Crippen molar-refractivity contribution in [1.82, 2.24) is 15.5 Å². The number of carbonyl (C=O) groups excluding carboxylic acids is 1. The van der Waals surface area contributed by atoms with Crippen LogP contribution in [0.15, 0.2) is 29.3 Å². The van der Waals surface area contributed by atoms with Gasteiger partial charge in [0.1, 0.15) is 13.1 Å².